The monoisotopic (exact) mass is 561 g/mol. The number of nitrogens with zero attached hydrogens (tertiary/aromatic N) is 5. The number of carboxylic acids is 1. The highest BCUT2D eigenvalue weighted by Gasteiger charge is 2.33. The van der Waals surface area contributed by atoms with Gasteiger partial charge in [0.25, 0.3) is 5.91 Å². The van der Waals surface area contributed by atoms with Gasteiger partial charge in [0.1, 0.15) is 10.9 Å². The van der Waals surface area contributed by atoms with Crippen LogP contribution in [0.3, 0.4) is 0 Å². The number of methoxy groups -OCH3 is 1. The zero-order chi connectivity index (χ0) is 28.2. The third-order valence-electron chi connectivity index (χ3n) is 7.50. The molecule has 1 saturated heterocycles. The van der Waals surface area contributed by atoms with E-state index in [1.807, 2.05) is 0 Å². The fourth-order valence-electron chi connectivity index (χ4n) is 5.36. The number of rotatable bonds is 8. The summed E-state index contributed by atoms with van der Waals surface area (Å²) in [6.07, 6.45) is 5.51. The Balaban J connectivity index is 1.49. The molecule has 1 saturated carbocycles. The summed E-state index contributed by atoms with van der Waals surface area (Å²) in [6, 6.07) is 10.4. The lowest BCUT2D eigenvalue weighted by Crippen LogP contribution is -2.39. The summed E-state index contributed by atoms with van der Waals surface area (Å²) in [6.45, 7) is 2.77. The van der Waals surface area contributed by atoms with E-state index in [9.17, 15) is 20.0 Å². The van der Waals surface area contributed by atoms with E-state index in [-0.39, 0.29) is 35.3 Å². The summed E-state index contributed by atoms with van der Waals surface area (Å²) in [5.41, 5.74) is 2.41. The van der Waals surface area contributed by atoms with Gasteiger partial charge < -0.3 is 25.4 Å². The molecule has 0 bridgehead atoms. The Kier molecular flexibility index (Phi) is 8.11. The van der Waals surface area contributed by atoms with E-state index in [4.69, 9.17) is 14.7 Å². The van der Waals surface area contributed by atoms with Crippen molar-refractivity contribution in [3.8, 4) is 11.8 Å². The van der Waals surface area contributed by atoms with E-state index in [1.54, 1.807) is 0 Å². The molecule has 1 aliphatic carbocycles. The number of carboxylic acid groups (broad SMARTS) is 1. The number of aryl methyl sites for hydroxylation is 1. The highest BCUT2D eigenvalue weighted by molar-refractivity contribution is 7.16. The number of thiazole rings is 1. The van der Waals surface area contributed by atoms with Gasteiger partial charge in [-0.2, -0.15) is 10.2 Å². The third kappa shape index (κ3) is 5.84. The number of amides is 1. The van der Waals surface area contributed by atoms with E-state index in [1.165, 1.54) is 30.2 Å². The van der Waals surface area contributed by atoms with Crippen LogP contribution < -0.4 is 20.3 Å². The minimum absolute atomic E-state index is 0.0501. The summed E-state index contributed by atoms with van der Waals surface area (Å²) in [5, 5.41) is 25.2. The van der Waals surface area contributed by atoms with Gasteiger partial charge in [0.05, 0.1) is 25.3 Å². The Bertz CT molecular complexity index is 1430. The van der Waals surface area contributed by atoms with Gasteiger partial charge in [0.2, 0.25) is 5.95 Å². The fourth-order valence-corrected chi connectivity index (χ4v) is 5.98. The van der Waals surface area contributed by atoms with Crippen LogP contribution >= 0.6 is 11.3 Å². The molecule has 3 aromatic rings. The molecule has 1 aliphatic heterocycles. The van der Waals surface area contributed by atoms with Crippen LogP contribution in [0.2, 0.25) is 0 Å². The van der Waals surface area contributed by atoms with Crippen LogP contribution in [0.15, 0.2) is 30.5 Å². The molecule has 1 amide bonds. The van der Waals surface area contributed by atoms with E-state index in [0.29, 0.717) is 41.6 Å². The van der Waals surface area contributed by atoms with Crippen molar-refractivity contribution in [2.24, 2.45) is 5.92 Å². The molecule has 2 aliphatic rings. The predicted octanol–water partition coefficient (Wildman–Crippen LogP) is 4.58. The third-order valence-corrected chi connectivity index (χ3v) is 8.32. The van der Waals surface area contributed by atoms with Crippen LogP contribution in [-0.4, -0.2) is 51.6 Å². The quantitative estimate of drug-likeness (QED) is 0.356. The van der Waals surface area contributed by atoms with Crippen molar-refractivity contribution >= 4 is 40.1 Å². The topological polar surface area (TPSA) is 153 Å². The molecular formula is C28H31N7O4S. The number of anilines is 3. The van der Waals surface area contributed by atoms with E-state index in [0.717, 1.165) is 24.9 Å². The van der Waals surface area contributed by atoms with Crippen molar-refractivity contribution in [3.05, 3.63) is 52.2 Å². The van der Waals surface area contributed by atoms with Crippen LogP contribution in [0.5, 0.6) is 5.75 Å². The Morgan fingerprint density at radius 1 is 1.15 bits per heavy atom. The zero-order valence-corrected chi connectivity index (χ0v) is 23.2. The summed E-state index contributed by atoms with van der Waals surface area (Å²) in [5.74, 6) is -0.748. The minimum Gasteiger partial charge on any atom is -0.491 e. The van der Waals surface area contributed by atoms with Crippen molar-refractivity contribution in [1.82, 2.24) is 20.3 Å². The molecule has 0 unspecified atom stereocenters. The molecular weight excluding hydrogens is 530 g/mol. The maximum Gasteiger partial charge on any atom is 0.306 e. The van der Waals surface area contributed by atoms with Gasteiger partial charge in [0, 0.05) is 12.6 Å². The molecule has 0 radical (unpaired) electrons. The molecule has 3 heterocycles. The molecule has 5 rings (SSSR count). The van der Waals surface area contributed by atoms with E-state index in [2.05, 4.69) is 57.8 Å². The Labute approximate surface area is 236 Å². The number of ether oxygens (including phenoxy) is 1. The van der Waals surface area contributed by atoms with Crippen LogP contribution in [0.1, 0.15) is 71.1 Å². The average molecular weight is 562 g/mol. The molecule has 12 heteroatoms. The first-order valence-corrected chi connectivity index (χ1v) is 14.1. The number of carbonyl (C=O) groups excluding carboxylic acids is 1. The van der Waals surface area contributed by atoms with Gasteiger partial charge >= 0.3 is 5.97 Å². The van der Waals surface area contributed by atoms with Crippen molar-refractivity contribution in [2.75, 3.05) is 23.9 Å². The second-order valence-electron chi connectivity index (χ2n) is 10.1. The van der Waals surface area contributed by atoms with E-state index >= 15 is 0 Å². The smallest absolute Gasteiger partial charge is 0.306 e. The van der Waals surface area contributed by atoms with Crippen molar-refractivity contribution in [1.29, 1.82) is 5.26 Å². The lowest BCUT2D eigenvalue weighted by molar-refractivity contribution is -0.142. The highest BCUT2D eigenvalue weighted by Crippen LogP contribution is 2.38. The summed E-state index contributed by atoms with van der Waals surface area (Å²) < 4.78 is 5.65. The molecule has 3 N–H and O–H groups in total. The van der Waals surface area contributed by atoms with Crippen LogP contribution in [0, 0.1) is 24.2 Å². The number of nitrogens with one attached hydrogen (secondary N) is 2. The van der Waals surface area contributed by atoms with Crippen molar-refractivity contribution in [2.45, 2.75) is 57.5 Å². The average Bonchev–Trinajstić information content (AvgIpc) is 3.63. The van der Waals surface area contributed by atoms with Crippen molar-refractivity contribution < 1.29 is 19.4 Å². The summed E-state index contributed by atoms with van der Waals surface area (Å²) in [4.78, 5) is 41.3. The van der Waals surface area contributed by atoms with Gasteiger partial charge in [-0.15, -0.1) is 0 Å². The molecule has 11 nitrogen and oxygen atoms in total. The lowest BCUT2D eigenvalue weighted by atomic mass is 9.86. The number of carbonyl (C=O) groups is 2. The van der Waals surface area contributed by atoms with Crippen LogP contribution in [0.4, 0.5) is 16.9 Å². The lowest BCUT2D eigenvalue weighted by Gasteiger charge is -2.28. The maximum absolute atomic E-state index is 13.6. The number of hydrogen-bond acceptors (Lipinski definition) is 10. The number of aliphatic carboxylic acids is 1. The highest BCUT2D eigenvalue weighted by atomic mass is 32.1. The van der Waals surface area contributed by atoms with Gasteiger partial charge in [-0.3, -0.25) is 9.59 Å². The van der Waals surface area contributed by atoms with Gasteiger partial charge in [-0.1, -0.05) is 41.2 Å². The van der Waals surface area contributed by atoms with Gasteiger partial charge in [0.15, 0.2) is 22.4 Å². The second-order valence-corrected chi connectivity index (χ2v) is 11.2. The number of aromatic nitrogens is 3. The standard InChI is InChI=1S/C28H31N7O4S/c1-16-5-7-17(8-6-16)21-4-3-13-35(21)27-32-22(25(36)31-19-11-9-18(10-12-19)26(37)38)23(39-2)24(33-27)34-28-30-15-20(14-29)40-28/h5-8,15,18-19,21H,3-4,9-13H2,1-2H3,(H,31,36)(H,37,38)(H,30,32,33,34)/t18?,19?,21-/m0/s1. The normalized spacial score (nSPS) is 20.5. The Morgan fingerprint density at radius 3 is 2.55 bits per heavy atom. The molecule has 208 valence electrons. The molecule has 0 spiro atoms. The number of hydrogen-bond donors (Lipinski definition) is 3. The largest absolute Gasteiger partial charge is 0.491 e. The molecule has 2 fully saturated rings. The molecule has 1 aromatic carbocycles. The summed E-state index contributed by atoms with van der Waals surface area (Å²) >= 11 is 1.17. The first-order chi connectivity index (χ1) is 19.4. The number of benzene rings is 1. The second kappa shape index (κ2) is 11.9. The molecule has 2 aromatic heterocycles. The first-order valence-electron chi connectivity index (χ1n) is 13.3. The molecule has 1 atom stereocenters. The van der Waals surface area contributed by atoms with E-state index < -0.39 is 11.9 Å². The maximum atomic E-state index is 13.6. The molecule has 40 heavy (non-hydrogen) atoms. The summed E-state index contributed by atoms with van der Waals surface area (Å²) in [7, 11) is 1.45. The van der Waals surface area contributed by atoms with Gasteiger partial charge in [-0.25, -0.2) is 9.97 Å². The van der Waals surface area contributed by atoms with Crippen LogP contribution in [-0.2, 0) is 4.79 Å². The SMILES string of the molecule is COc1c(Nc2ncc(C#N)s2)nc(N2CCC[C@H]2c2ccc(C)cc2)nc1C(=O)NC1CCC(C(=O)O)CC1. The Morgan fingerprint density at radius 2 is 1.90 bits per heavy atom. The number of nitriles is 1. The minimum atomic E-state index is -0.793. The Hall–Kier alpha value is -4.24. The predicted molar refractivity (Wildman–Crippen MR) is 150 cm³/mol. The van der Waals surface area contributed by atoms with Crippen molar-refractivity contribution in [3.63, 3.8) is 0 Å². The van der Waals surface area contributed by atoms with Crippen LogP contribution in [0.25, 0.3) is 0 Å². The first kappa shape index (κ1) is 27.3. The fraction of sp³-hybridized carbons (Fsp3) is 0.429. The van der Waals surface area contributed by atoms with Gasteiger partial charge in [-0.05, 0) is 51.0 Å². The zero-order valence-electron chi connectivity index (χ0n) is 22.4.